The lowest BCUT2D eigenvalue weighted by Gasteiger charge is -2.35. The Kier molecular flexibility index (Phi) is 6.20. The first-order chi connectivity index (χ1) is 18.1. The third-order valence-electron chi connectivity index (χ3n) is 7.02. The van der Waals surface area contributed by atoms with Crippen LogP contribution in [0, 0.1) is 0 Å². The lowest BCUT2D eigenvalue weighted by molar-refractivity contribution is 0.101. The van der Waals surface area contributed by atoms with Crippen molar-refractivity contribution >= 4 is 11.9 Å². The molecule has 0 aliphatic carbocycles. The first kappa shape index (κ1) is 23.4. The zero-order valence-electron chi connectivity index (χ0n) is 20.6. The van der Waals surface area contributed by atoms with Crippen molar-refractivity contribution in [3.8, 4) is 28.7 Å². The topological polar surface area (TPSA) is 80.7 Å². The lowest BCUT2D eigenvalue weighted by atomic mass is 10.0. The van der Waals surface area contributed by atoms with Crippen molar-refractivity contribution in [1.29, 1.82) is 0 Å². The number of phenols is 1. The van der Waals surface area contributed by atoms with E-state index in [0.717, 1.165) is 55.5 Å². The van der Waals surface area contributed by atoms with Crippen molar-refractivity contribution in [2.24, 2.45) is 0 Å². The molecule has 1 N–H and O–H groups in total. The molecule has 0 aromatic heterocycles. The molecule has 0 radical (unpaired) electrons. The van der Waals surface area contributed by atoms with Crippen molar-refractivity contribution < 1.29 is 28.8 Å². The monoisotopic (exact) mass is 500 g/mol. The maximum atomic E-state index is 13.0. The van der Waals surface area contributed by atoms with E-state index in [0.29, 0.717) is 23.4 Å². The van der Waals surface area contributed by atoms with Crippen LogP contribution in [0.3, 0.4) is 0 Å². The van der Waals surface area contributed by atoms with Crippen LogP contribution in [-0.4, -0.2) is 60.8 Å². The summed E-state index contributed by atoms with van der Waals surface area (Å²) in [7, 11) is 1.61. The predicted octanol–water partition coefficient (Wildman–Crippen LogP) is 4.06. The Labute approximate surface area is 215 Å². The molecular weight excluding hydrogens is 472 g/mol. The van der Waals surface area contributed by atoms with Gasteiger partial charge in [0.1, 0.15) is 17.2 Å². The van der Waals surface area contributed by atoms with E-state index < -0.39 is 0 Å². The number of rotatable bonds is 6. The van der Waals surface area contributed by atoms with Gasteiger partial charge in [0.2, 0.25) is 12.6 Å². The molecule has 8 nitrogen and oxygen atoms in total. The van der Waals surface area contributed by atoms with Gasteiger partial charge in [0.05, 0.1) is 18.2 Å². The number of carbonyl (C=O) groups is 1. The second-order valence-electron chi connectivity index (χ2n) is 9.39. The van der Waals surface area contributed by atoms with Crippen molar-refractivity contribution in [3.63, 3.8) is 0 Å². The molecule has 3 aliphatic rings. The average molecular weight is 501 g/mol. The summed E-state index contributed by atoms with van der Waals surface area (Å²) >= 11 is 0. The van der Waals surface area contributed by atoms with E-state index in [1.54, 1.807) is 25.3 Å². The number of ketones is 1. The summed E-state index contributed by atoms with van der Waals surface area (Å²) in [5, 5.41) is 10.7. The Morgan fingerprint density at radius 3 is 2.41 bits per heavy atom. The summed E-state index contributed by atoms with van der Waals surface area (Å²) < 4.78 is 22.1. The van der Waals surface area contributed by atoms with Gasteiger partial charge in [-0.2, -0.15) is 0 Å². The molecule has 6 rings (SSSR count). The fourth-order valence-electron chi connectivity index (χ4n) is 4.93. The third-order valence-corrected chi connectivity index (χ3v) is 7.02. The predicted molar refractivity (Wildman–Crippen MR) is 137 cm³/mol. The van der Waals surface area contributed by atoms with E-state index in [1.807, 2.05) is 36.4 Å². The van der Waals surface area contributed by atoms with Gasteiger partial charge in [-0.1, -0.05) is 18.2 Å². The van der Waals surface area contributed by atoms with Crippen molar-refractivity contribution in [1.82, 2.24) is 9.80 Å². The van der Waals surface area contributed by atoms with Crippen LogP contribution in [0.4, 0.5) is 0 Å². The Hall–Kier alpha value is -4.01. The zero-order valence-corrected chi connectivity index (χ0v) is 20.6. The van der Waals surface area contributed by atoms with Crippen LogP contribution in [0.25, 0.3) is 6.08 Å². The highest BCUT2D eigenvalue weighted by Gasteiger charge is 2.32. The number of carbonyl (C=O) groups excluding carboxylic acids is 1. The fraction of sp³-hybridized carbons (Fsp3) is 0.276. The second kappa shape index (κ2) is 9.80. The normalized spacial score (nSPS) is 18.2. The number of piperazine rings is 1. The summed E-state index contributed by atoms with van der Waals surface area (Å²) in [6, 6.07) is 16.7. The molecule has 1 saturated heterocycles. The van der Waals surface area contributed by atoms with Crippen LogP contribution < -0.4 is 18.9 Å². The highest BCUT2D eigenvalue weighted by Crippen LogP contribution is 2.40. The van der Waals surface area contributed by atoms with Crippen LogP contribution in [-0.2, 0) is 13.1 Å². The fourth-order valence-corrected chi connectivity index (χ4v) is 4.93. The molecule has 0 saturated carbocycles. The molecule has 0 amide bonds. The average Bonchev–Trinajstić information content (AvgIpc) is 3.51. The van der Waals surface area contributed by atoms with E-state index in [2.05, 4.69) is 15.9 Å². The Morgan fingerprint density at radius 2 is 1.65 bits per heavy atom. The van der Waals surface area contributed by atoms with Crippen LogP contribution >= 0.6 is 0 Å². The van der Waals surface area contributed by atoms with Gasteiger partial charge in [0.25, 0.3) is 0 Å². The molecule has 0 atom stereocenters. The molecule has 3 aliphatic heterocycles. The number of hydrogen-bond acceptors (Lipinski definition) is 8. The Balaban J connectivity index is 1.12. The largest absolute Gasteiger partial charge is 0.507 e. The summed E-state index contributed by atoms with van der Waals surface area (Å²) in [6.45, 7) is 5.11. The maximum Gasteiger partial charge on any atom is 0.231 e. The molecule has 190 valence electrons. The van der Waals surface area contributed by atoms with E-state index in [4.69, 9.17) is 18.9 Å². The molecule has 0 unspecified atom stereocenters. The van der Waals surface area contributed by atoms with Crippen LogP contribution in [0.2, 0.25) is 0 Å². The number of hydrogen-bond donors (Lipinski definition) is 1. The smallest absolute Gasteiger partial charge is 0.231 e. The minimum absolute atomic E-state index is 0.139. The van der Waals surface area contributed by atoms with Crippen molar-refractivity contribution in [2.75, 3.05) is 40.1 Å². The maximum absolute atomic E-state index is 13.0. The van der Waals surface area contributed by atoms with E-state index in [-0.39, 0.29) is 24.1 Å². The van der Waals surface area contributed by atoms with Gasteiger partial charge in [-0.15, -0.1) is 0 Å². The number of nitrogens with zero attached hydrogens (tertiary/aromatic N) is 2. The van der Waals surface area contributed by atoms with Gasteiger partial charge >= 0.3 is 0 Å². The van der Waals surface area contributed by atoms with Gasteiger partial charge in [-0.3, -0.25) is 14.6 Å². The highest BCUT2D eigenvalue weighted by molar-refractivity contribution is 6.15. The molecular formula is C29H28N2O6. The van der Waals surface area contributed by atoms with E-state index in [1.165, 1.54) is 5.56 Å². The van der Waals surface area contributed by atoms with Gasteiger partial charge in [0.15, 0.2) is 17.3 Å². The number of benzene rings is 3. The van der Waals surface area contributed by atoms with Crippen LogP contribution in [0.1, 0.15) is 27.0 Å². The second-order valence-corrected chi connectivity index (χ2v) is 9.39. The number of fused-ring (bicyclic) bond motifs is 2. The van der Waals surface area contributed by atoms with Crippen LogP contribution in [0.5, 0.6) is 28.7 Å². The molecule has 8 heteroatoms. The third kappa shape index (κ3) is 4.73. The molecule has 37 heavy (non-hydrogen) atoms. The summed E-state index contributed by atoms with van der Waals surface area (Å²) in [4.78, 5) is 17.7. The number of Topliss-reactive ketones (excluding diaryl/α,β-unsaturated/α-hetero) is 1. The molecule has 3 aromatic rings. The number of aromatic hydroxyl groups is 1. The number of ether oxygens (including phenoxy) is 4. The molecule has 0 spiro atoms. The minimum atomic E-state index is -0.180. The van der Waals surface area contributed by atoms with Gasteiger partial charge in [0, 0.05) is 39.3 Å². The van der Waals surface area contributed by atoms with Crippen LogP contribution in [0.15, 0.2) is 60.4 Å². The number of allylic oxidation sites excluding steroid dienone is 1. The molecule has 0 bridgehead atoms. The van der Waals surface area contributed by atoms with Crippen molar-refractivity contribution in [3.05, 3.63) is 82.6 Å². The minimum Gasteiger partial charge on any atom is -0.507 e. The summed E-state index contributed by atoms with van der Waals surface area (Å²) in [5.74, 6) is 3.01. The zero-order chi connectivity index (χ0) is 25.4. The van der Waals surface area contributed by atoms with Gasteiger partial charge in [-0.05, 0) is 53.6 Å². The van der Waals surface area contributed by atoms with Gasteiger partial charge in [-0.25, -0.2) is 0 Å². The lowest BCUT2D eigenvalue weighted by Crippen LogP contribution is -2.45. The van der Waals surface area contributed by atoms with Gasteiger partial charge < -0.3 is 24.1 Å². The SMILES string of the molecule is COc1ccc(/C=C2\Oc3c(ccc(O)c3CN3CCN(Cc4ccc5c(c4)OCO5)CC3)C2=O)cc1. The number of methoxy groups -OCH3 is 1. The molecule has 3 aromatic carbocycles. The standard InChI is InChI=1S/C29H28N2O6/c1-34-21-5-2-19(3-6-21)14-27-28(33)22-7-8-24(32)23(29(22)37-27)17-31-12-10-30(11-13-31)16-20-4-9-25-26(15-20)36-18-35-25/h2-9,14-15,32H,10-13,16-18H2,1H3/b27-14-. The first-order valence-electron chi connectivity index (χ1n) is 12.3. The highest BCUT2D eigenvalue weighted by atomic mass is 16.7. The molecule has 1 fully saturated rings. The van der Waals surface area contributed by atoms with E-state index in [9.17, 15) is 9.90 Å². The first-order valence-corrected chi connectivity index (χ1v) is 12.3. The van der Waals surface area contributed by atoms with E-state index >= 15 is 0 Å². The summed E-state index contributed by atoms with van der Waals surface area (Å²) in [6.07, 6.45) is 1.72. The number of phenolic OH excluding ortho intramolecular Hbond substituents is 1. The summed E-state index contributed by atoms with van der Waals surface area (Å²) in [5.41, 5.74) is 3.16. The Bertz CT molecular complexity index is 1360. The molecule has 3 heterocycles. The quantitative estimate of drug-likeness (QED) is 0.508. The van der Waals surface area contributed by atoms with Crippen molar-refractivity contribution in [2.45, 2.75) is 13.1 Å². The Morgan fingerprint density at radius 1 is 0.919 bits per heavy atom.